The van der Waals surface area contributed by atoms with Crippen LogP contribution in [0.5, 0.6) is 11.5 Å². The molecule has 0 atom stereocenters. The number of nitrogens with zero attached hydrogens (tertiary/aromatic N) is 1. The van der Waals surface area contributed by atoms with E-state index in [0.29, 0.717) is 0 Å². The first-order valence-corrected chi connectivity index (χ1v) is 19.6. The molecule has 0 amide bonds. The summed E-state index contributed by atoms with van der Waals surface area (Å²) in [5.74, 6) is 1.74. The van der Waals surface area contributed by atoms with Crippen LogP contribution in [0, 0.1) is 0 Å². The number of methoxy groups -OCH3 is 2. The normalized spacial score (nSPS) is 11.9. The molecule has 0 unspecified atom stereocenters. The summed E-state index contributed by atoms with van der Waals surface area (Å²) in [6.45, 7) is 7.01. The van der Waals surface area contributed by atoms with Gasteiger partial charge in [0.25, 0.3) is 0 Å². The van der Waals surface area contributed by atoms with E-state index in [1.807, 2.05) is 18.2 Å². The molecular weight excluding hydrogens is 489 g/mol. The number of rotatable bonds is 12. The number of hydrogen-bond acceptors (Lipinski definition) is 3. The quantitative estimate of drug-likeness (QED) is 0.181. The second kappa shape index (κ2) is 11.4. The molecule has 0 N–H and O–H groups in total. The van der Waals surface area contributed by atoms with Crippen molar-refractivity contribution in [3.63, 3.8) is 0 Å². The van der Waals surface area contributed by atoms with Gasteiger partial charge in [0.05, 0.1) is 0 Å². The van der Waals surface area contributed by atoms with Gasteiger partial charge in [-0.3, -0.25) is 0 Å². The van der Waals surface area contributed by atoms with Crippen LogP contribution in [-0.2, 0) is 0 Å². The minimum absolute atomic E-state index is 0.831. The summed E-state index contributed by atoms with van der Waals surface area (Å²) < 4.78 is 17.4. The number of hydrogen-bond donors (Lipinski definition) is 0. The van der Waals surface area contributed by atoms with Gasteiger partial charge in [-0.05, 0) is 0 Å². The molecule has 1 aromatic heterocycles. The molecule has 0 saturated carbocycles. The van der Waals surface area contributed by atoms with Gasteiger partial charge in [0.15, 0.2) is 0 Å². The Balaban J connectivity index is 2.17. The first-order valence-electron chi connectivity index (χ1n) is 12.1. The Morgan fingerprint density at radius 1 is 0.710 bits per heavy atom. The van der Waals surface area contributed by atoms with E-state index in [1.165, 1.54) is 51.8 Å². The van der Waals surface area contributed by atoms with Gasteiger partial charge in [-0.15, -0.1) is 0 Å². The molecule has 4 heteroatoms. The van der Waals surface area contributed by atoms with E-state index in [9.17, 15) is 0 Å². The first kappa shape index (κ1) is 24.2. The van der Waals surface area contributed by atoms with E-state index in [0.717, 1.165) is 33.3 Å². The van der Waals surface area contributed by atoms with Crippen LogP contribution in [0.1, 0.15) is 59.3 Å². The van der Waals surface area contributed by atoms with Crippen molar-refractivity contribution in [1.82, 2.24) is 4.98 Å². The fourth-order valence-corrected chi connectivity index (χ4v) is 20.9. The van der Waals surface area contributed by atoms with E-state index in [1.54, 1.807) is 17.8 Å². The van der Waals surface area contributed by atoms with E-state index in [2.05, 4.69) is 39.0 Å². The molecule has 3 nitrogen and oxygen atoms in total. The van der Waals surface area contributed by atoms with Gasteiger partial charge < -0.3 is 0 Å². The fourth-order valence-electron chi connectivity index (χ4n) is 4.92. The summed E-state index contributed by atoms with van der Waals surface area (Å²) in [6, 6.07) is 13.2. The van der Waals surface area contributed by atoms with Gasteiger partial charge in [0.2, 0.25) is 0 Å². The standard InChI is InChI=1S/C15H12NO2.3C4H9.Sn/c1-17-10-7-8-14-12(9-10)15(18-2)11-5-3-4-6-13(11)16-14;3*1-3-4-2;/h3,5-9H,1-2H3;3*1,3-4H2,2H3;. The predicted octanol–water partition coefficient (Wildman–Crippen LogP) is 7.46. The van der Waals surface area contributed by atoms with Crippen molar-refractivity contribution in [2.45, 2.75) is 72.6 Å². The third-order valence-corrected chi connectivity index (χ3v) is 22.4. The van der Waals surface area contributed by atoms with Crippen molar-refractivity contribution in [1.29, 1.82) is 0 Å². The van der Waals surface area contributed by atoms with Gasteiger partial charge in [0, 0.05) is 0 Å². The third kappa shape index (κ3) is 5.30. The van der Waals surface area contributed by atoms with Gasteiger partial charge in [-0.1, -0.05) is 0 Å². The molecule has 2 aromatic carbocycles. The van der Waals surface area contributed by atoms with Crippen molar-refractivity contribution in [3.8, 4) is 11.5 Å². The van der Waals surface area contributed by atoms with Gasteiger partial charge in [-0.2, -0.15) is 0 Å². The summed E-state index contributed by atoms with van der Waals surface area (Å²) in [6.07, 6.45) is 8.00. The average molecular weight is 528 g/mol. The van der Waals surface area contributed by atoms with E-state index in [-0.39, 0.29) is 0 Å². The average Bonchev–Trinajstić information content (AvgIpc) is 2.81. The number of ether oxygens (including phenoxy) is 2. The van der Waals surface area contributed by atoms with Crippen LogP contribution in [0.2, 0.25) is 13.3 Å². The number of fused-ring (bicyclic) bond motifs is 2. The Morgan fingerprint density at radius 2 is 1.35 bits per heavy atom. The Labute approximate surface area is 192 Å². The van der Waals surface area contributed by atoms with Crippen LogP contribution < -0.4 is 13.1 Å². The predicted molar refractivity (Wildman–Crippen MR) is 137 cm³/mol. The SMILES string of the molecule is CCC[CH2][Sn]([CH2]CCC)([CH2]CCC)[c]1ccc2c(OC)c3cc(OC)ccc3nc2c1. The monoisotopic (exact) mass is 529 g/mol. The van der Waals surface area contributed by atoms with Crippen molar-refractivity contribution >= 4 is 43.8 Å². The zero-order chi connectivity index (χ0) is 22.3. The zero-order valence-corrected chi connectivity index (χ0v) is 22.9. The summed E-state index contributed by atoms with van der Waals surface area (Å²) in [5.41, 5.74) is 2.05. The summed E-state index contributed by atoms with van der Waals surface area (Å²) in [5, 5.41) is 2.12. The molecule has 0 aliphatic rings. The molecule has 0 spiro atoms. The second-order valence-corrected chi connectivity index (χ2v) is 22.1. The zero-order valence-electron chi connectivity index (χ0n) is 20.1. The van der Waals surface area contributed by atoms with E-state index >= 15 is 0 Å². The number of unbranched alkanes of at least 4 members (excludes halogenated alkanes) is 3. The van der Waals surface area contributed by atoms with Gasteiger partial charge in [-0.25, -0.2) is 0 Å². The van der Waals surface area contributed by atoms with Gasteiger partial charge in [0.1, 0.15) is 0 Å². The fraction of sp³-hybridized carbons (Fsp3) is 0.519. The molecule has 0 saturated heterocycles. The first-order chi connectivity index (χ1) is 15.1. The summed E-state index contributed by atoms with van der Waals surface area (Å²) in [7, 11) is 3.46. The molecule has 0 fully saturated rings. The molecule has 3 rings (SSSR count). The molecule has 31 heavy (non-hydrogen) atoms. The number of pyridine rings is 1. The third-order valence-electron chi connectivity index (χ3n) is 6.77. The molecule has 0 aliphatic heterocycles. The molecule has 0 aliphatic carbocycles. The molecule has 0 bridgehead atoms. The van der Waals surface area contributed by atoms with Crippen molar-refractivity contribution < 1.29 is 9.47 Å². The van der Waals surface area contributed by atoms with Crippen LogP contribution in [0.25, 0.3) is 21.8 Å². The van der Waals surface area contributed by atoms with Crippen molar-refractivity contribution in [3.05, 3.63) is 36.4 Å². The Hall–Kier alpha value is -1.49. The second-order valence-electron chi connectivity index (χ2n) is 8.85. The maximum absolute atomic E-state index is 5.88. The number of aromatic nitrogens is 1. The van der Waals surface area contributed by atoms with E-state index < -0.39 is 18.4 Å². The van der Waals surface area contributed by atoms with Crippen LogP contribution in [0.15, 0.2) is 36.4 Å². The van der Waals surface area contributed by atoms with Crippen LogP contribution in [0.4, 0.5) is 0 Å². The summed E-state index contributed by atoms with van der Waals surface area (Å²) >= 11 is -2.49. The van der Waals surface area contributed by atoms with E-state index in [4.69, 9.17) is 14.5 Å². The minimum atomic E-state index is -2.49. The topological polar surface area (TPSA) is 31.4 Å². The Morgan fingerprint density at radius 3 is 1.90 bits per heavy atom. The van der Waals surface area contributed by atoms with Gasteiger partial charge >= 0.3 is 193 Å². The number of benzene rings is 2. The van der Waals surface area contributed by atoms with Crippen LogP contribution >= 0.6 is 0 Å². The molecular formula is C27H39NO2Sn. The maximum atomic E-state index is 5.88. The molecule has 0 radical (unpaired) electrons. The summed E-state index contributed by atoms with van der Waals surface area (Å²) in [4.78, 5) is 5.07. The molecule has 168 valence electrons. The van der Waals surface area contributed by atoms with Crippen LogP contribution in [0.3, 0.4) is 0 Å². The Bertz CT molecular complexity index is 980. The molecule has 3 aromatic rings. The molecule has 1 heterocycles. The Kier molecular flexibility index (Phi) is 8.88. The van der Waals surface area contributed by atoms with Crippen molar-refractivity contribution in [2.24, 2.45) is 0 Å². The van der Waals surface area contributed by atoms with Crippen LogP contribution in [-0.4, -0.2) is 37.6 Å². The van der Waals surface area contributed by atoms with Crippen molar-refractivity contribution in [2.75, 3.05) is 14.2 Å².